The van der Waals surface area contributed by atoms with Crippen molar-refractivity contribution in [1.29, 1.82) is 0 Å². The largest absolute Gasteiger partial charge is 0.366 e. The van der Waals surface area contributed by atoms with Crippen LogP contribution in [0.3, 0.4) is 0 Å². The number of anilines is 1. The quantitative estimate of drug-likeness (QED) is 0.787. The fraction of sp³-hybridized carbons (Fsp3) is 0.0667. The second kappa shape index (κ2) is 6.49. The molecule has 2 rings (SSSR count). The molecule has 0 aliphatic rings. The molecule has 0 saturated carbocycles. The zero-order valence-electron chi connectivity index (χ0n) is 12.2. The van der Waals surface area contributed by atoms with E-state index in [4.69, 9.17) is 5.73 Å². The second-order valence-corrected chi connectivity index (χ2v) is 6.50. The number of hydrogen-bond acceptors (Lipinski definition) is 4. The Hall–Kier alpha value is -2.87. The number of amides is 3. The van der Waals surface area contributed by atoms with Crippen LogP contribution in [0.2, 0.25) is 0 Å². The van der Waals surface area contributed by atoms with E-state index in [0.717, 1.165) is 5.56 Å². The van der Waals surface area contributed by atoms with Crippen LogP contribution >= 0.6 is 0 Å². The Morgan fingerprint density at radius 2 is 1.74 bits per heavy atom. The fourth-order valence-electron chi connectivity index (χ4n) is 1.87. The SMILES string of the molecule is Cc1cccc(S(=O)(=O)NC(=O)Nc2cccc(C(N)=O)c2)c1. The number of hydrogen-bond donors (Lipinski definition) is 3. The Kier molecular flexibility index (Phi) is 4.65. The molecule has 0 aliphatic carbocycles. The lowest BCUT2D eigenvalue weighted by atomic mass is 10.2. The van der Waals surface area contributed by atoms with Gasteiger partial charge in [0.05, 0.1) is 4.90 Å². The highest BCUT2D eigenvalue weighted by Crippen LogP contribution is 2.12. The minimum atomic E-state index is -3.98. The molecule has 0 spiro atoms. The highest BCUT2D eigenvalue weighted by Gasteiger charge is 2.17. The highest BCUT2D eigenvalue weighted by molar-refractivity contribution is 7.90. The molecule has 0 radical (unpaired) electrons. The normalized spacial score (nSPS) is 10.8. The standard InChI is InChI=1S/C15H15N3O4S/c1-10-4-2-7-13(8-10)23(21,22)18-15(20)17-12-6-3-5-11(9-12)14(16)19/h2-9H,1H3,(H2,16,19)(H2,17,18,20). The van der Waals surface area contributed by atoms with E-state index in [0.29, 0.717) is 0 Å². The Morgan fingerprint density at radius 3 is 2.39 bits per heavy atom. The van der Waals surface area contributed by atoms with Gasteiger partial charge in [0.2, 0.25) is 5.91 Å². The van der Waals surface area contributed by atoms with Gasteiger partial charge in [0, 0.05) is 11.3 Å². The first-order chi connectivity index (χ1) is 10.8. The first kappa shape index (κ1) is 16.5. The number of carbonyl (C=O) groups is 2. The van der Waals surface area contributed by atoms with Crippen LogP contribution in [-0.4, -0.2) is 20.4 Å². The fourth-order valence-corrected chi connectivity index (χ4v) is 2.88. The molecule has 0 heterocycles. The molecule has 2 aromatic carbocycles. The maximum Gasteiger partial charge on any atom is 0.333 e. The maximum absolute atomic E-state index is 12.1. The van der Waals surface area contributed by atoms with Crippen LogP contribution in [-0.2, 0) is 10.0 Å². The number of rotatable bonds is 4. The van der Waals surface area contributed by atoms with Gasteiger partial charge in [0.25, 0.3) is 10.0 Å². The molecule has 0 atom stereocenters. The van der Waals surface area contributed by atoms with Crippen molar-refractivity contribution >= 4 is 27.6 Å². The van der Waals surface area contributed by atoms with Gasteiger partial charge in [-0.15, -0.1) is 0 Å². The summed E-state index contributed by atoms with van der Waals surface area (Å²) in [6.45, 7) is 1.74. The van der Waals surface area contributed by atoms with Crippen LogP contribution in [0.15, 0.2) is 53.4 Å². The van der Waals surface area contributed by atoms with E-state index in [1.54, 1.807) is 19.1 Å². The molecule has 3 amide bonds. The van der Waals surface area contributed by atoms with Crippen molar-refractivity contribution in [1.82, 2.24) is 4.72 Å². The van der Waals surface area contributed by atoms with Crippen molar-refractivity contribution in [3.63, 3.8) is 0 Å². The van der Waals surface area contributed by atoms with Gasteiger partial charge in [-0.25, -0.2) is 17.9 Å². The number of primary amides is 1. The third-order valence-electron chi connectivity index (χ3n) is 2.93. The van der Waals surface area contributed by atoms with Crippen LogP contribution in [0, 0.1) is 6.92 Å². The van der Waals surface area contributed by atoms with Gasteiger partial charge < -0.3 is 11.1 Å². The zero-order valence-corrected chi connectivity index (χ0v) is 13.1. The smallest absolute Gasteiger partial charge is 0.333 e. The molecule has 0 aliphatic heterocycles. The molecular weight excluding hydrogens is 318 g/mol. The minimum absolute atomic E-state index is 0.0152. The summed E-state index contributed by atoms with van der Waals surface area (Å²) in [5, 5.41) is 2.34. The van der Waals surface area contributed by atoms with Gasteiger partial charge in [0.1, 0.15) is 0 Å². The van der Waals surface area contributed by atoms with E-state index in [2.05, 4.69) is 5.32 Å². The molecule has 0 unspecified atom stereocenters. The van der Waals surface area contributed by atoms with Crippen LogP contribution in [0.1, 0.15) is 15.9 Å². The van der Waals surface area contributed by atoms with E-state index < -0.39 is 22.0 Å². The number of urea groups is 1. The minimum Gasteiger partial charge on any atom is -0.366 e. The molecule has 2 aromatic rings. The van der Waals surface area contributed by atoms with Gasteiger partial charge in [0.15, 0.2) is 0 Å². The summed E-state index contributed by atoms with van der Waals surface area (Å²) in [6.07, 6.45) is 0. The number of benzene rings is 2. The average molecular weight is 333 g/mol. The van der Waals surface area contributed by atoms with Gasteiger partial charge in [-0.2, -0.15) is 0 Å². The van der Waals surface area contributed by atoms with Gasteiger partial charge in [-0.1, -0.05) is 18.2 Å². The van der Waals surface area contributed by atoms with Gasteiger partial charge in [-0.05, 0) is 42.8 Å². The summed E-state index contributed by atoms with van der Waals surface area (Å²) >= 11 is 0. The maximum atomic E-state index is 12.1. The lowest BCUT2D eigenvalue weighted by molar-refractivity contribution is 0.1000. The van der Waals surface area contributed by atoms with Crippen LogP contribution in [0.5, 0.6) is 0 Å². The number of nitrogens with one attached hydrogen (secondary N) is 2. The van der Waals surface area contributed by atoms with Crippen molar-refractivity contribution in [2.45, 2.75) is 11.8 Å². The molecule has 7 nitrogen and oxygen atoms in total. The van der Waals surface area contributed by atoms with Crippen molar-refractivity contribution in [2.24, 2.45) is 5.73 Å². The molecule has 23 heavy (non-hydrogen) atoms. The number of sulfonamides is 1. The van der Waals surface area contributed by atoms with Crippen molar-refractivity contribution in [2.75, 3.05) is 5.32 Å². The summed E-state index contributed by atoms with van der Waals surface area (Å²) in [5.41, 5.74) is 6.34. The topological polar surface area (TPSA) is 118 Å². The second-order valence-electron chi connectivity index (χ2n) is 4.82. The third-order valence-corrected chi connectivity index (χ3v) is 4.26. The molecule has 4 N–H and O–H groups in total. The third kappa shape index (κ3) is 4.30. The lowest BCUT2D eigenvalue weighted by Gasteiger charge is -2.09. The van der Waals surface area contributed by atoms with Crippen LogP contribution in [0.25, 0.3) is 0 Å². The van der Waals surface area contributed by atoms with E-state index in [1.165, 1.54) is 36.4 Å². The summed E-state index contributed by atoms with van der Waals surface area (Å²) in [5.74, 6) is -0.651. The summed E-state index contributed by atoms with van der Waals surface area (Å²) in [4.78, 5) is 22.9. The van der Waals surface area contributed by atoms with Crippen LogP contribution in [0.4, 0.5) is 10.5 Å². The monoisotopic (exact) mass is 333 g/mol. The Balaban J connectivity index is 2.13. The lowest BCUT2D eigenvalue weighted by Crippen LogP contribution is -2.34. The molecule has 8 heteroatoms. The van der Waals surface area contributed by atoms with E-state index in [-0.39, 0.29) is 16.1 Å². The van der Waals surface area contributed by atoms with E-state index in [9.17, 15) is 18.0 Å². The molecule has 120 valence electrons. The van der Waals surface area contributed by atoms with E-state index in [1.807, 2.05) is 4.72 Å². The number of carbonyl (C=O) groups excluding carboxylic acids is 2. The van der Waals surface area contributed by atoms with Gasteiger partial charge >= 0.3 is 6.03 Å². The Labute approximate surface area is 133 Å². The predicted octanol–water partition coefficient (Wildman–Crippen LogP) is 1.60. The molecular formula is C15H15N3O4S. The number of aryl methyl sites for hydroxylation is 1. The number of nitrogens with two attached hydrogens (primary N) is 1. The molecule has 0 bridgehead atoms. The van der Waals surface area contributed by atoms with Crippen molar-refractivity contribution in [3.05, 3.63) is 59.7 Å². The highest BCUT2D eigenvalue weighted by atomic mass is 32.2. The van der Waals surface area contributed by atoms with Crippen molar-refractivity contribution in [3.8, 4) is 0 Å². The van der Waals surface area contributed by atoms with Crippen LogP contribution < -0.4 is 15.8 Å². The van der Waals surface area contributed by atoms with E-state index >= 15 is 0 Å². The van der Waals surface area contributed by atoms with Crippen molar-refractivity contribution < 1.29 is 18.0 Å². The summed E-state index contributed by atoms with van der Waals surface area (Å²) in [6, 6.07) is 11.1. The Morgan fingerprint density at radius 1 is 1.04 bits per heavy atom. The first-order valence-corrected chi connectivity index (χ1v) is 8.06. The molecule has 0 aromatic heterocycles. The molecule has 0 saturated heterocycles. The molecule has 0 fully saturated rings. The summed E-state index contributed by atoms with van der Waals surface area (Å²) in [7, 11) is -3.98. The summed E-state index contributed by atoms with van der Waals surface area (Å²) < 4.78 is 26.1. The first-order valence-electron chi connectivity index (χ1n) is 6.58. The zero-order chi connectivity index (χ0) is 17.0. The van der Waals surface area contributed by atoms with Gasteiger partial charge in [-0.3, -0.25) is 4.79 Å². The Bertz CT molecular complexity index is 863. The predicted molar refractivity (Wildman–Crippen MR) is 85.5 cm³/mol. The average Bonchev–Trinajstić information content (AvgIpc) is 2.46.